The van der Waals surface area contributed by atoms with E-state index in [2.05, 4.69) is 4.98 Å². The van der Waals surface area contributed by atoms with Crippen LogP contribution in [0, 0.1) is 0 Å². The van der Waals surface area contributed by atoms with E-state index in [0.29, 0.717) is 5.75 Å². The molecule has 4 heteroatoms. The van der Waals surface area contributed by atoms with Gasteiger partial charge in [-0.3, -0.25) is 0 Å². The van der Waals surface area contributed by atoms with Gasteiger partial charge in [0.2, 0.25) is 0 Å². The van der Waals surface area contributed by atoms with E-state index in [0.717, 1.165) is 10.9 Å². The summed E-state index contributed by atoms with van der Waals surface area (Å²) in [5.74, 6) is -0.365. The van der Waals surface area contributed by atoms with Gasteiger partial charge in [0, 0.05) is 17.1 Å². The molecule has 0 radical (unpaired) electrons. The van der Waals surface area contributed by atoms with Crippen LogP contribution in [0.5, 0.6) is 5.75 Å². The van der Waals surface area contributed by atoms with Gasteiger partial charge in [0.1, 0.15) is 12.0 Å². The van der Waals surface area contributed by atoms with Gasteiger partial charge in [-0.2, -0.15) is 0 Å². The summed E-state index contributed by atoms with van der Waals surface area (Å²) in [6, 6.07) is 7.44. The van der Waals surface area contributed by atoms with Gasteiger partial charge in [0.25, 0.3) is 0 Å². The minimum absolute atomic E-state index is 0.161. The molecule has 0 atom stereocenters. The lowest BCUT2D eigenvalue weighted by molar-refractivity contribution is -0.132. The number of carbonyl (C=O) groups is 1. The van der Waals surface area contributed by atoms with Crippen molar-refractivity contribution in [2.24, 2.45) is 0 Å². The molecule has 0 aliphatic carbocycles. The molecule has 0 spiro atoms. The highest BCUT2D eigenvalue weighted by atomic mass is 16.5. The van der Waals surface area contributed by atoms with E-state index in [1.54, 1.807) is 6.07 Å². The molecule has 2 aromatic rings. The molecule has 1 heterocycles. The average Bonchev–Trinajstić information content (AvgIpc) is 2.72. The summed E-state index contributed by atoms with van der Waals surface area (Å²) in [5, 5.41) is 9.67. The second-order valence-electron chi connectivity index (χ2n) is 3.45. The van der Waals surface area contributed by atoms with Gasteiger partial charge in [0.15, 0.2) is 0 Å². The van der Waals surface area contributed by atoms with Crippen LogP contribution < -0.4 is 4.74 Å². The summed E-state index contributed by atoms with van der Waals surface area (Å²) in [4.78, 5) is 13.6. The maximum Gasteiger partial charge on any atom is 0.334 e. The van der Waals surface area contributed by atoms with Gasteiger partial charge in [-0.1, -0.05) is 0 Å². The molecule has 0 fully saturated rings. The van der Waals surface area contributed by atoms with Crippen LogP contribution in [-0.2, 0) is 4.79 Å². The molecule has 1 aromatic heterocycles. The maximum atomic E-state index is 10.5. The topological polar surface area (TPSA) is 62.3 Å². The fourth-order valence-corrected chi connectivity index (χ4v) is 1.31. The molecule has 16 heavy (non-hydrogen) atoms. The Hall–Kier alpha value is -2.23. The molecule has 0 unspecified atom stereocenters. The van der Waals surface area contributed by atoms with Gasteiger partial charge in [-0.05, 0) is 31.2 Å². The first-order valence-electron chi connectivity index (χ1n) is 4.80. The quantitative estimate of drug-likeness (QED) is 0.613. The lowest BCUT2D eigenvalue weighted by atomic mass is 10.2. The summed E-state index contributed by atoms with van der Waals surface area (Å²) in [5.41, 5.74) is 1.18. The largest absolute Gasteiger partial charge is 0.478 e. The first-order valence-corrected chi connectivity index (χ1v) is 4.80. The third-order valence-corrected chi connectivity index (χ3v) is 2.23. The number of aliphatic carboxylic acids is 1. The minimum atomic E-state index is -0.984. The van der Waals surface area contributed by atoms with Crippen molar-refractivity contribution >= 4 is 16.9 Å². The summed E-state index contributed by atoms with van der Waals surface area (Å²) in [6.45, 7) is 1.48. The van der Waals surface area contributed by atoms with Gasteiger partial charge < -0.3 is 14.8 Å². The summed E-state index contributed by atoms with van der Waals surface area (Å²) in [7, 11) is 0. The van der Waals surface area contributed by atoms with E-state index in [1.807, 2.05) is 24.4 Å². The molecule has 2 N–H and O–H groups in total. The number of carboxylic acid groups (broad SMARTS) is 1. The first kappa shape index (κ1) is 10.3. The smallest absolute Gasteiger partial charge is 0.334 e. The predicted octanol–water partition coefficient (Wildman–Crippen LogP) is 2.54. The fraction of sp³-hybridized carbons (Fsp3) is 0.0833. The van der Waals surface area contributed by atoms with Crippen LogP contribution >= 0.6 is 0 Å². The Morgan fingerprint density at radius 3 is 3.00 bits per heavy atom. The van der Waals surface area contributed by atoms with E-state index in [9.17, 15) is 4.79 Å². The highest BCUT2D eigenvalue weighted by molar-refractivity contribution is 5.85. The summed E-state index contributed by atoms with van der Waals surface area (Å²) in [6.07, 6.45) is 3.07. The zero-order chi connectivity index (χ0) is 11.5. The first-order chi connectivity index (χ1) is 7.66. The van der Waals surface area contributed by atoms with E-state index < -0.39 is 5.97 Å². The third kappa shape index (κ3) is 2.06. The number of hydrogen-bond acceptors (Lipinski definition) is 2. The number of H-pyrrole nitrogens is 1. The van der Waals surface area contributed by atoms with Crippen molar-refractivity contribution in [1.82, 2.24) is 4.98 Å². The van der Waals surface area contributed by atoms with Gasteiger partial charge >= 0.3 is 5.97 Å². The number of benzene rings is 1. The van der Waals surface area contributed by atoms with Crippen LogP contribution in [0.4, 0.5) is 0 Å². The van der Waals surface area contributed by atoms with Gasteiger partial charge in [0.05, 0.1) is 5.57 Å². The Labute approximate surface area is 92.2 Å². The number of rotatable bonds is 3. The van der Waals surface area contributed by atoms with Crippen LogP contribution in [0.3, 0.4) is 0 Å². The zero-order valence-corrected chi connectivity index (χ0v) is 8.73. The molecule has 0 saturated heterocycles. The number of nitrogens with one attached hydrogen (secondary N) is 1. The molecule has 4 nitrogen and oxygen atoms in total. The Morgan fingerprint density at radius 1 is 1.44 bits per heavy atom. The number of hydrogen-bond donors (Lipinski definition) is 2. The van der Waals surface area contributed by atoms with Crippen molar-refractivity contribution in [3.63, 3.8) is 0 Å². The Kier molecular flexibility index (Phi) is 2.64. The van der Waals surface area contributed by atoms with E-state index >= 15 is 0 Å². The monoisotopic (exact) mass is 217 g/mol. The molecule has 0 bridgehead atoms. The Bertz CT molecular complexity index is 554. The predicted molar refractivity (Wildman–Crippen MR) is 60.3 cm³/mol. The molecular weight excluding hydrogens is 206 g/mol. The van der Waals surface area contributed by atoms with Crippen molar-refractivity contribution in [3.05, 3.63) is 42.3 Å². The fourth-order valence-electron chi connectivity index (χ4n) is 1.31. The van der Waals surface area contributed by atoms with E-state index in [-0.39, 0.29) is 5.57 Å². The second-order valence-corrected chi connectivity index (χ2v) is 3.45. The number of carboxylic acids is 1. The summed E-state index contributed by atoms with van der Waals surface area (Å²) < 4.78 is 5.25. The molecule has 0 amide bonds. The standard InChI is InChI=1S/C12H11NO3/c1-8(12(14)15)7-16-10-2-3-11-9(6-10)4-5-13-11/h2-7,13H,1H3,(H,14,15)/b8-7+. The van der Waals surface area contributed by atoms with Crippen LogP contribution in [-0.4, -0.2) is 16.1 Å². The lowest BCUT2D eigenvalue weighted by Gasteiger charge is -2.01. The zero-order valence-electron chi connectivity index (χ0n) is 8.73. The molecule has 0 aliphatic heterocycles. The van der Waals surface area contributed by atoms with Crippen LogP contribution in [0.2, 0.25) is 0 Å². The maximum absolute atomic E-state index is 10.5. The molecule has 1 aromatic carbocycles. The number of aromatic amines is 1. The van der Waals surface area contributed by atoms with Crippen molar-refractivity contribution in [3.8, 4) is 5.75 Å². The Morgan fingerprint density at radius 2 is 2.25 bits per heavy atom. The summed E-state index contributed by atoms with van der Waals surface area (Å²) >= 11 is 0. The van der Waals surface area contributed by atoms with Crippen LogP contribution in [0.1, 0.15) is 6.92 Å². The molecule has 2 rings (SSSR count). The molecular formula is C12H11NO3. The lowest BCUT2D eigenvalue weighted by Crippen LogP contribution is -1.97. The highest BCUT2D eigenvalue weighted by Crippen LogP contribution is 2.19. The Balaban J connectivity index is 2.21. The average molecular weight is 217 g/mol. The van der Waals surface area contributed by atoms with Crippen molar-refractivity contribution in [1.29, 1.82) is 0 Å². The molecule has 82 valence electrons. The number of fused-ring (bicyclic) bond motifs is 1. The highest BCUT2D eigenvalue weighted by Gasteiger charge is 2.01. The van der Waals surface area contributed by atoms with Gasteiger partial charge in [-0.25, -0.2) is 4.79 Å². The van der Waals surface area contributed by atoms with Crippen molar-refractivity contribution in [2.75, 3.05) is 0 Å². The van der Waals surface area contributed by atoms with Crippen molar-refractivity contribution < 1.29 is 14.6 Å². The minimum Gasteiger partial charge on any atom is -0.478 e. The molecule has 0 aliphatic rings. The third-order valence-electron chi connectivity index (χ3n) is 2.23. The second kappa shape index (κ2) is 4.10. The molecule has 0 saturated carbocycles. The number of aromatic nitrogens is 1. The number of ether oxygens (including phenoxy) is 1. The van der Waals surface area contributed by atoms with Gasteiger partial charge in [-0.15, -0.1) is 0 Å². The SMILES string of the molecule is C/C(=C\Oc1ccc2[nH]ccc2c1)C(=O)O. The van der Waals surface area contributed by atoms with Crippen LogP contribution in [0.15, 0.2) is 42.3 Å². The normalized spacial score (nSPS) is 11.7. The van der Waals surface area contributed by atoms with E-state index in [4.69, 9.17) is 9.84 Å². The van der Waals surface area contributed by atoms with Crippen LogP contribution in [0.25, 0.3) is 10.9 Å². The van der Waals surface area contributed by atoms with Crippen molar-refractivity contribution in [2.45, 2.75) is 6.92 Å². The van der Waals surface area contributed by atoms with E-state index in [1.165, 1.54) is 13.2 Å².